The molecule has 3 atom stereocenters. The maximum absolute atomic E-state index is 16.2. The van der Waals surface area contributed by atoms with Gasteiger partial charge in [0.1, 0.15) is 17.7 Å². The summed E-state index contributed by atoms with van der Waals surface area (Å²) < 4.78 is 17.7. The van der Waals surface area contributed by atoms with E-state index in [4.69, 9.17) is 0 Å². The lowest BCUT2D eigenvalue weighted by Gasteiger charge is -2.33. The van der Waals surface area contributed by atoms with Crippen LogP contribution in [0.4, 0.5) is 10.1 Å². The fourth-order valence-corrected chi connectivity index (χ4v) is 4.12. The predicted molar refractivity (Wildman–Crippen MR) is 134 cm³/mol. The van der Waals surface area contributed by atoms with Gasteiger partial charge >= 0.3 is 0 Å². The summed E-state index contributed by atoms with van der Waals surface area (Å²) in [4.78, 5) is 16.9. The number of pyridine rings is 1. The molecule has 5 rings (SSSR count). The lowest BCUT2D eigenvalue weighted by molar-refractivity contribution is -0.0253. The molecule has 0 aliphatic carbocycles. The van der Waals surface area contributed by atoms with Crippen LogP contribution in [0.2, 0.25) is 0 Å². The molecule has 5 aromatic rings. The SMILES string of the molecule is C[C@@](O)(CNc1ccc2cn[nH]c2c1)[C@H](F)[C@H](NC(=O)c1cccnc1)c1ccc2cc(C#N)cnn12. The highest BCUT2D eigenvalue weighted by Gasteiger charge is 2.41. The molecular weight excluding hydrogens is 475 g/mol. The predicted octanol–water partition coefficient (Wildman–Crippen LogP) is 3.15. The molecule has 0 bridgehead atoms. The molecule has 4 heterocycles. The smallest absolute Gasteiger partial charge is 0.253 e. The molecule has 11 heteroatoms. The van der Waals surface area contributed by atoms with Gasteiger partial charge in [-0.1, -0.05) is 0 Å². The Bertz CT molecular complexity index is 1610. The van der Waals surface area contributed by atoms with Crippen molar-refractivity contribution in [2.45, 2.75) is 24.7 Å². The number of benzene rings is 1. The van der Waals surface area contributed by atoms with Crippen LogP contribution in [0.3, 0.4) is 0 Å². The zero-order chi connectivity index (χ0) is 26.0. The number of amides is 1. The normalized spacial score (nSPS) is 14.5. The molecule has 0 saturated heterocycles. The van der Waals surface area contributed by atoms with Gasteiger partial charge < -0.3 is 15.7 Å². The topological polar surface area (TPSA) is 144 Å². The number of aromatic amines is 1. The first-order valence-corrected chi connectivity index (χ1v) is 11.5. The molecule has 186 valence electrons. The molecule has 0 aliphatic heterocycles. The third-order valence-electron chi connectivity index (χ3n) is 6.17. The number of H-pyrrole nitrogens is 1. The fourth-order valence-electron chi connectivity index (χ4n) is 4.12. The van der Waals surface area contributed by atoms with E-state index in [-0.39, 0.29) is 12.1 Å². The zero-order valence-electron chi connectivity index (χ0n) is 19.8. The molecule has 0 aliphatic rings. The second kappa shape index (κ2) is 9.67. The molecule has 4 N–H and O–H groups in total. The minimum Gasteiger partial charge on any atom is -0.385 e. The van der Waals surface area contributed by atoms with Gasteiger partial charge in [0.05, 0.1) is 40.2 Å². The first-order chi connectivity index (χ1) is 17.9. The lowest BCUT2D eigenvalue weighted by Crippen LogP contribution is -2.50. The second-order valence-corrected chi connectivity index (χ2v) is 8.93. The number of aliphatic hydroxyl groups is 1. The average Bonchev–Trinajstić information content (AvgIpc) is 3.57. The lowest BCUT2D eigenvalue weighted by atomic mass is 9.92. The molecule has 1 aromatic carbocycles. The molecule has 10 nitrogen and oxygen atoms in total. The van der Waals surface area contributed by atoms with Gasteiger partial charge in [0, 0.05) is 30.0 Å². The van der Waals surface area contributed by atoms with Crippen LogP contribution in [-0.4, -0.2) is 54.1 Å². The number of nitrogens with one attached hydrogen (secondary N) is 3. The van der Waals surface area contributed by atoms with Crippen molar-refractivity contribution in [1.82, 2.24) is 30.1 Å². The summed E-state index contributed by atoms with van der Waals surface area (Å²) in [6.07, 6.45) is 4.00. The third-order valence-corrected chi connectivity index (χ3v) is 6.17. The largest absolute Gasteiger partial charge is 0.385 e. The first kappa shape index (κ1) is 23.9. The Morgan fingerprint density at radius 1 is 1.24 bits per heavy atom. The van der Waals surface area contributed by atoms with Crippen LogP contribution >= 0.6 is 0 Å². The first-order valence-electron chi connectivity index (χ1n) is 11.5. The van der Waals surface area contributed by atoms with Crippen molar-refractivity contribution in [3.63, 3.8) is 0 Å². The standard InChI is InChI=1S/C26H23FN8O2/c1-26(37,15-30-19-5-4-17-14-31-34-21(17)10-19)24(27)23(33-25(36)18-3-2-8-29-13-18)22-7-6-20-9-16(11-28)12-32-35(20)22/h2-10,12-14,23-24,30,37H,15H2,1H3,(H,31,34)(H,33,36)/t23-,24-,26-/m1/s1. The molecule has 0 spiro atoms. The number of nitrogens with zero attached hydrogens (tertiary/aromatic N) is 5. The molecule has 0 radical (unpaired) electrons. The van der Waals surface area contributed by atoms with Gasteiger partial charge in [0.2, 0.25) is 0 Å². The van der Waals surface area contributed by atoms with Crippen molar-refractivity contribution in [2.24, 2.45) is 0 Å². The number of carbonyl (C=O) groups is 1. The summed E-state index contributed by atoms with van der Waals surface area (Å²) in [6, 6.07) is 14.3. The summed E-state index contributed by atoms with van der Waals surface area (Å²) in [5.74, 6) is -0.558. The summed E-state index contributed by atoms with van der Waals surface area (Å²) in [7, 11) is 0. The molecule has 0 unspecified atom stereocenters. The third kappa shape index (κ3) is 4.82. The van der Waals surface area contributed by atoms with E-state index in [1.54, 1.807) is 42.6 Å². The van der Waals surface area contributed by atoms with Gasteiger partial charge in [-0.25, -0.2) is 8.91 Å². The van der Waals surface area contributed by atoms with Gasteiger partial charge in [-0.2, -0.15) is 15.5 Å². The van der Waals surface area contributed by atoms with Gasteiger partial charge in [-0.15, -0.1) is 0 Å². The van der Waals surface area contributed by atoms with E-state index < -0.39 is 23.7 Å². The number of hydrogen-bond donors (Lipinski definition) is 4. The van der Waals surface area contributed by atoms with Crippen molar-refractivity contribution in [2.75, 3.05) is 11.9 Å². The van der Waals surface area contributed by atoms with E-state index >= 15 is 4.39 Å². The van der Waals surface area contributed by atoms with E-state index in [2.05, 4.69) is 30.9 Å². The van der Waals surface area contributed by atoms with Crippen LogP contribution in [0.15, 0.2) is 73.3 Å². The molecule has 1 amide bonds. The molecule has 0 fully saturated rings. The van der Waals surface area contributed by atoms with Crippen LogP contribution in [0, 0.1) is 11.3 Å². The Morgan fingerprint density at radius 3 is 2.89 bits per heavy atom. The van der Waals surface area contributed by atoms with Crippen LogP contribution in [-0.2, 0) is 0 Å². The monoisotopic (exact) mass is 498 g/mol. The van der Waals surface area contributed by atoms with Crippen molar-refractivity contribution < 1.29 is 14.3 Å². The van der Waals surface area contributed by atoms with Crippen molar-refractivity contribution in [3.05, 3.63) is 90.1 Å². The Kier molecular flexibility index (Phi) is 6.25. The number of halogens is 1. The van der Waals surface area contributed by atoms with Crippen LogP contribution < -0.4 is 10.6 Å². The minimum absolute atomic E-state index is 0.150. The van der Waals surface area contributed by atoms with Crippen molar-refractivity contribution >= 4 is 28.0 Å². The summed E-state index contributed by atoms with van der Waals surface area (Å²) in [5.41, 5.74) is 0.994. The Labute approximate surface area is 210 Å². The number of hydrogen-bond acceptors (Lipinski definition) is 7. The van der Waals surface area contributed by atoms with Crippen molar-refractivity contribution in [1.29, 1.82) is 5.26 Å². The summed E-state index contributed by atoms with van der Waals surface area (Å²) >= 11 is 0. The van der Waals surface area contributed by atoms with Gasteiger partial charge in [-0.05, 0) is 55.5 Å². The number of rotatable bonds is 8. The van der Waals surface area contributed by atoms with Crippen LogP contribution in [0.25, 0.3) is 16.4 Å². The molecule has 37 heavy (non-hydrogen) atoms. The summed E-state index contributed by atoms with van der Waals surface area (Å²) in [6.45, 7) is 1.21. The van der Waals surface area contributed by atoms with Crippen molar-refractivity contribution in [3.8, 4) is 6.07 Å². The number of nitriles is 1. The Balaban J connectivity index is 1.44. The van der Waals surface area contributed by atoms with E-state index in [0.717, 1.165) is 10.9 Å². The number of anilines is 1. The highest BCUT2D eigenvalue weighted by Crippen LogP contribution is 2.30. The zero-order valence-corrected chi connectivity index (χ0v) is 19.8. The van der Waals surface area contributed by atoms with Crippen LogP contribution in [0.5, 0.6) is 0 Å². The molecular formula is C26H23FN8O2. The Hall–Kier alpha value is -4.82. The summed E-state index contributed by atoms with van der Waals surface area (Å²) in [5, 5.41) is 38.2. The van der Waals surface area contributed by atoms with E-state index in [0.29, 0.717) is 22.5 Å². The number of alkyl halides is 1. The van der Waals surface area contributed by atoms with Gasteiger partial charge in [0.25, 0.3) is 5.91 Å². The van der Waals surface area contributed by atoms with E-state index in [1.807, 2.05) is 18.2 Å². The quantitative estimate of drug-likeness (QED) is 0.257. The fraction of sp³-hybridized carbons (Fsp3) is 0.192. The highest BCUT2D eigenvalue weighted by atomic mass is 19.1. The number of carbonyl (C=O) groups excluding carboxylic acids is 1. The van der Waals surface area contributed by atoms with Crippen LogP contribution in [0.1, 0.15) is 34.6 Å². The molecule has 0 saturated carbocycles. The maximum atomic E-state index is 16.2. The highest BCUT2D eigenvalue weighted by molar-refractivity contribution is 5.94. The average molecular weight is 499 g/mol. The minimum atomic E-state index is -1.95. The number of aromatic nitrogens is 5. The molecule has 4 aromatic heterocycles. The van der Waals surface area contributed by atoms with Gasteiger partial charge in [-0.3, -0.25) is 14.9 Å². The Morgan fingerprint density at radius 2 is 2.11 bits per heavy atom. The van der Waals surface area contributed by atoms with E-state index in [9.17, 15) is 15.2 Å². The van der Waals surface area contributed by atoms with Gasteiger partial charge in [0.15, 0.2) is 6.17 Å². The maximum Gasteiger partial charge on any atom is 0.253 e. The second-order valence-electron chi connectivity index (χ2n) is 8.93. The number of fused-ring (bicyclic) bond motifs is 2. The van der Waals surface area contributed by atoms with E-state index in [1.165, 1.54) is 30.0 Å².